The molecule has 1 aromatic rings. The zero-order chi connectivity index (χ0) is 8.43. The van der Waals surface area contributed by atoms with Crippen LogP contribution in [-0.4, -0.2) is 21.4 Å². The van der Waals surface area contributed by atoms with Crippen molar-refractivity contribution in [2.45, 2.75) is 0 Å². The van der Waals surface area contributed by atoms with Crippen molar-refractivity contribution in [1.82, 2.24) is 4.73 Å². The van der Waals surface area contributed by atoms with Gasteiger partial charge in [0.25, 0.3) is 0 Å². The average molecular weight is 145 g/mol. The summed E-state index contributed by atoms with van der Waals surface area (Å²) in [6.07, 6.45) is -1.37. The van der Waals surface area contributed by atoms with Gasteiger partial charge in [-0.25, -0.2) is 0 Å². The van der Waals surface area contributed by atoms with Crippen LogP contribution in [0.3, 0.4) is 0 Å². The predicted octanol–water partition coefficient (Wildman–Crippen LogP) is -0.516. The molecule has 5 nitrogen and oxygen atoms in total. The number of nitrogens with zero attached hydrogens (tertiary/aromatic N) is 1. The van der Waals surface area contributed by atoms with Crippen molar-refractivity contribution in [3.63, 3.8) is 0 Å². The zero-order valence-electron chi connectivity index (χ0n) is 5.81. The lowest BCUT2D eigenvalue weighted by atomic mass is 10.6. The highest BCUT2D eigenvalue weighted by Gasteiger charge is 2.04. The van der Waals surface area contributed by atoms with E-state index in [0.717, 1.165) is 12.1 Å². The number of hydrogen-bond acceptors (Lipinski definition) is 4. The van der Waals surface area contributed by atoms with Gasteiger partial charge in [-0.05, 0) is 0 Å². The molecule has 0 aliphatic rings. The third kappa shape index (κ3) is 0.883. The van der Waals surface area contributed by atoms with E-state index in [-0.39, 0.29) is 0 Å². The second-order valence-electron chi connectivity index (χ2n) is 1.52. The number of aromatic nitrogens is 1. The number of carbonyl (C=O) groups is 1. The molecule has 0 radical (unpaired) electrons. The maximum atomic E-state index is 10.0. The van der Waals surface area contributed by atoms with Crippen LogP contribution in [0.1, 0.15) is 1.37 Å². The lowest BCUT2D eigenvalue weighted by molar-refractivity contribution is -0.130. The van der Waals surface area contributed by atoms with Gasteiger partial charge in [0.2, 0.25) is 11.8 Å². The van der Waals surface area contributed by atoms with Gasteiger partial charge in [0, 0.05) is 12.1 Å². The molecular formula is C5H5NO4. The van der Waals surface area contributed by atoms with Gasteiger partial charge in [0.1, 0.15) is 0 Å². The van der Waals surface area contributed by atoms with Gasteiger partial charge < -0.3 is 15.1 Å². The molecular weight excluding hydrogens is 138 g/mol. The summed E-state index contributed by atoms with van der Waals surface area (Å²) in [5, 5.41) is 17.6. The Hall–Kier alpha value is -1.65. The largest absolute Gasteiger partial charge is 0.492 e. The van der Waals surface area contributed by atoms with Crippen molar-refractivity contribution >= 4 is 6.45 Å². The molecule has 0 unspecified atom stereocenters. The van der Waals surface area contributed by atoms with Crippen LogP contribution in [0.25, 0.3) is 0 Å². The van der Waals surface area contributed by atoms with Gasteiger partial charge in [-0.3, -0.25) is 4.79 Å². The van der Waals surface area contributed by atoms with Crippen LogP contribution in [0.2, 0.25) is 0 Å². The minimum atomic E-state index is -1.37. The molecule has 5 heteroatoms. The Morgan fingerprint density at radius 1 is 1.60 bits per heavy atom. The highest BCUT2D eigenvalue weighted by Crippen LogP contribution is 2.17. The summed E-state index contributed by atoms with van der Waals surface area (Å²) in [5.74, 6) is -0.883. The number of rotatable bonds is 1. The van der Waals surface area contributed by atoms with Crippen molar-refractivity contribution in [2.75, 3.05) is 0 Å². The maximum Gasteiger partial charge on any atom is 0.321 e. The monoisotopic (exact) mass is 145 g/mol. The van der Waals surface area contributed by atoms with Gasteiger partial charge in [0.05, 0.1) is 0 Å². The van der Waals surface area contributed by atoms with Crippen molar-refractivity contribution in [3.8, 4) is 11.8 Å². The highest BCUT2D eigenvalue weighted by molar-refractivity contribution is 5.39. The fourth-order valence-electron chi connectivity index (χ4n) is 0.533. The second kappa shape index (κ2) is 2.30. The molecule has 0 amide bonds. The van der Waals surface area contributed by atoms with E-state index < -0.39 is 18.2 Å². The van der Waals surface area contributed by atoms with Crippen LogP contribution < -0.4 is 4.84 Å². The van der Waals surface area contributed by atoms with Crippen molar-refractivity contribution < 1.29 is 21.2 Å². The number of carbonyl (C=O) groups excluding carboxylic acids is 1. The molecule has 0 aromatic carbocycles. The first-order valence-electron chi connectivity index (χ1n) is 2.90. The third-order valence-corrected chi connectivity index (χ3v) is 0.926. The van der Waals surface area contributed by atoms with E-state index >= 15 is 0 Å². The molecule has 54 valence electrons. The van der Waals surface area contributed by atoms with Crippen molar-refractivity contribution in [3.05, 3.63) is 12.1 Å². The van der Waals surface area contributed by atoms with Crippen LogP contribution in [0.4, 0.5) is 0 Å². The summed E-state index contributed by atoms with van der Waals surface area (Å²) in [6.45, 7) is 0. The summed E-state index contributed by atoms with van der Waals surface area (Å²) in [6, 6.07) is 2.25. The number of hydrogen-bond donors (Lipinski definition) is 2. The average Bonchev–Trinajstić information content (AvgIpc) is 2.18. The molecule has 0 aliphatic carbocycles. The Morgan fingerprint density at radius 2 is 2.10 bits per heavy atom. The standard InChI is InChI=1S/C5H5NO4/c7-3-10-6-4(8)1-2-5(6)9/h1-3,8-9H/i3T. The quantitative estimate of drug-likeness (QED) is 0.522. The zero-order valence-corrected chi connectivity index (χ0v) is 4.81. The van der Waals surface area contributed by atoms with E-state index in [9.17, 15) is 4.79 Å². The molecule has 1 rings (SSSR count). The Kier molecular flexibility index (Phi) is 1.19. The molecule has 1 heterocycles. The fraction of sp³-hybridized carbons (Fsp3) is 0. The molecule has 0 aliphatic heterocycles. The first kappa shape index (κ1) is 5.16. The SMILES string of the molecule is [3H]C(=O)On1c(O)ccc1O. The minimum absolute atomic E-state index is 0.440. The lowest BCUT2D eigenvalue weighted by Gasteiger charge is -1.99. The molecule has 1 aromatic heterocycles. The predicted molar refractivity (Wildman–Crippen MR) is 30.4 cm³/mol. The normalized spacial score (nSPS) is 10.6. The first-order valence-corrected chi connectivity index (χ1v) is 2.40. The maximum absolute atomic E-state index is 10.0. The fourth-order valence-corrected chi connectivity index (χ4v) is 0.533. The van der Waals surface area contributed by atoms with Crippen LogP contribution in [0.5, 0.6) is 11.8 Å². The molecule has 0 bridgehead atoms. The second-order valence-corrected chi connectivity index (χ2v) is 1.52. The van der Waals surface area contributed by atoms with Gasteiger partial charge in [0.15, 0.2) is 1.37 Å². The Bertz CT molecular complexity index is 263. The molecule has 2 N–H and O–H groups in total. The van der Waals surface area contributed by atoms with E-state index in [2.05, 4.69) is 4.84 Å². The molecule has 0 spiro atoms. The first-order chi connectivity index (χ1) is 5.11. The van der Waals surface area contributed by atoms with E-state index in [0.29, 0.717) is 4.73 Å². The van der Waals surface area contributed by atoms with Gasteiger partial charge in [-0.2, -0.15) is 0 Å². The molecule has 10 heavy (non-hydrogen) atoms. The number of aromatic hydroxyl groups is 2. The Balaban J connectivity index is 2.92. The molecule has 0 saturated heterocycles. The summed E-state index contributed by atoms with van der Waals surface area (Å²) < 4.78 is 6.78. The van der Waals surface area contributed by atoms with E-state index in [4.69, 9.17) is 11.6 Å². The summed E-state index contributed by atoms with van der Waals surface area (Å²) in [5.41, 5.74) is 0. The molecule has 0 fully saturated rings. The summed E-state index contributed by atoms with van der Waals surface area (Å²) in [4.78, 5) is 14.1. The lowest BCUT2D eigenvalue weighted by Crippen LogP contribution is -2.06. The van der Waals surface area contributed by atoms with Gasteiger partial charge in [-0.15, -0.1) is 4.73 Å². The van der Waals surface area contributed by atoms with E-state index in [1.54, 1.807) is 0 Å². The van der Waals surface area contributed by atoms with E-state index in [1.165, 1.54) is 0 Å². The van der Waals surface area contributed by atoms with Crippen molar-refractivity contribution in [1.29, 1.82) is 0 Å². The van der Waals surface area contributed by atoms with Crippen LogP contribution in [0, 0.1) is 0 Å². The van der Waals surface area contributed by atoms with E-state index in [1.807, 2.05) is 0 Å². The molecule has 0 atom stereocenters. The van der Waals surface area contributed by atoms with Gasteiger partial charge >= 0.3 is 6.45 Å². The Labute approximate surface area is 57.4 Å². The highest BCUT2D eigenvalue weighted by atomic mass is 16.7. The minimum Gasteiger partial charge on any atom is -0.492 e. The van der Waals surface area contributed by atoms with Crippen LogP contribution in [0.15, 0.2) is 12.1 Å². The smallest absolute Gasteiger partial charge is 0.321 e. The van der Waals surface area contributed by atoms with Crippen LogP contribution >= 0.6 is 0 Å². The molecule has 0 saturated carbocycles. The summed E-state index contributed by atoms with van der Waals surface area (Å²) >= 11 is 0. The van der Waals surface area contributed by atoms with Crippen molar-refractivity contribution in [2.24, 2.45) is 0 Å². The third-order valence-electron chi connectivity index (χ3n) is 0.926. The summed E-state index contributed by atoms with van der Waals surface area (Å²) in [7, 11) is 0. The van der Waals surface area contributed by atoms with Gasteiger partial charge in [-0.1, -0.05) is 0 Å². The Morgan fingerprint density at radius 3 is 2.50 bits per heavy atom. The van der Waals surface area contributed by atoms with Crippen LogP contribution in [-0.2, 0) is 4.79 Å². The topological polar surface area (TPSA) is 71.7 Å².